The van der Waals surface area contributed by atoms with E-state index >= 15 is 0 Å². The molecule has 2 heterocycles. The van der Waals surface area contributed by atoms with Crippen molar-refractivity contribution in [3.8, 4) is 0 Å². The van der Waals surface area contributed by atoms with E-state index in [1.807, 2.05) is 24.3 Å². The Bertz CT molecular complexity index is 1100. The summed E-state index contributed by atoms with van der Waals surface area (Å²) in [4.78, 5) is 31.0. The molecule has 9 heteroatoms. The summed E-state index contributed by atoms with van der Waals surface area (Å²) in [5.74, 6) is -0.310. The summed E-state index contributed by atoms with van der Waals surface area (Å²) in [7, 11) is 0. The second-order valence-electron chi connectivity index (χ2n) is 7.92. The zero-order valence-corrected chi connectivity index (χ0v) is 17.6. The van der Waals surface area contributed by atoms with Gasteiger partial charge in [0.05, 0.1) is 27.8 Å². The molecule has 1 saturated carbocycles. The Kier molecular flexibility index (Phi) is 5.29. The molecule has 1 N–H and O–H groups in total. The van der Waals surface area contributed by atoms with Crippen LogP contribution in [0.15, 0.2) is 42.5 Å². The quantitative estimate of drug-likeness (QED) is 0.427. The lowest BCUT2D eigenvalue weighted by molar-refractivity contribution is -0.384. The number of benzene rings is 2. The third-order valence-electron chi connectivity index (χ3n) is 5.55. The number of thiazole rings is 1. The van der Waals surface area contributed by atoms with Crippen LogP contribution in [-0.2, 0) is 4.74 Å². The van der Waals surface area contributed by atoms with E-state index in [1.54, 1.807) is 17.0 Å². The van der Waals surface area contributed by atoms with E-state index in [-0.39, 0.29) is 29.3 Å². The van der Waals surface area contributed by atoms with Crippen LogP contribution < -0.4 is 10.2 Å². The summed E-state index contributed by atoms with van der Waals surface area (Å²) in [6, 6.07) is 12.6. The first-order chi connectivity index (χ1) is 15.1. The van der Waals surface area contributed by atoms with Crippen LogP contribution in [-0.4, -0.2) is 41.1 Å². The molecule has 0 radical (unpaired) electrons. The number of nitro benzene ring substituents is 1. The maximum absolute atomic E-state index is 13.5. The Morgan fingerprint density at radius 3 is 2.81 bits per heavy atom. The van der Waals surface area contributed by atoms with E-state index in [2.05, 4.69) is 10.3 Å². The van der Waals surface area contributed by atoms with Crippen molar-refractivity contribution in [1.82, 2.24) is 4.98 Å². The number of ether oxygens (including phenoxy) is 1. The lowest BCUT2D eigenvalue weighted by Crippen LogP contribution is -2.37. The molecule has 3 aromatic rings. The van der Waals surface area contributed by atoms with Gasteiger partial charge in [0.2, 0.25) is 0 Å². The summed E-state index contributed by atoms with van der Waals surface area (Å²) in [6.07, 6.45) is 3.77. The van der Waals surface area contributed by atoms with Gasteiger partial charge in [0, 0.05) is 24.3 Å². The van der Waals surface area contributed by atoms with Crippen LogP contribution in [0.1, 0.15) is 36.0 Å². The molecule has 2 fully saturated rings. The third-order valence-corrected chi connectivity index (χ3v) is 6.61. The molecule has 8 nitrogen and oxygen atoms in total. The van der Waals surface area contributed by atoms with Gasteiger partial charge in [-0.2, -0.15) is 0 Å². The zero-order valence-electron chi connectivity index (χ0n) is 16.8. The topological polar surface area (TPSA) is 97.6 Å². The molecule has 1 aliphatic heterocycles. The van der Waals surface area contributed by atoms with Crippen molar-refractivity contribution in [2.24, 2.45) is 0 Å². The predicted octanol–water partition coefficient (Wildman–Crippen LogP) is 4.60. The Hall–Kier alpha value is -3.04. The van der Waals surface area contributed by atoms with E-state index in [0.29, 0.717) is 24.0 Å². The monoisotopic (exact) mass is 438 g/mol. The van der Waals surface area contributed by atoms with Crippen LogP contribution in [0.4, 0.5) is 16.5 Å². The van der Waals surface area contributed by atoms with Crippen molar-refractivity contribution >= 4 is 44.0 Å². The minimum Gasteiger partial charge on any atom is -0.377 e. The van der Waals surface area contributed by atoms with E-state index in [0.717, 1.165) is 35.9 Å². The number of fused-ring (bicyclic) bond motifs is 1. The second kappa shape index (κ2) is 8.24. The molecule has 1 aliphatic carbocycles. The molecule has 1 saturated heterocycles. The number of aromatic nitrogens is 1. The molecule has 2 aliphatic rings. The van der Waals surface area contributed by atoms with Gasteiger partial charge < -0.3 is 10.1 Å². The number of nitrogens with zero attached hydrogens (tertiary/aromatic N) is 3. The van der Waals surface area contributed by atoms with Gasteiger partial charge in [-0.3, -0.25) is 19.8 Å². The predicted molar refractivity (Wildman–Crippen MR) is 120 cm³/mol. The number of anilines is 2. The number of rotatable bonds is 7. The Morgan fingerprint density at radius 2 is 2.10 bits per heavy atom. The normalized spacial score (nSPS) is 18.3. The van der Waals surface area contributed by atoms with Gasteiger partial charge in [0.25, 0.3) is 11.6 Å². The number of carbonyl (C=O) groups is 1. The van der Waals surface area contributed by atoms with Gasteiger partial charge in [-0.25, -0.2) is 4.98 Å². The van der Waals surface area contributed by atoms with Crippen molar-refractivity contribution in [1.29, 1.82) is 0 Å². The number of nitrogens with one attached hydrogen (secondary N) is 1. The van der Waals surface area contributed by atoms with Crippen molar-refractivity contribution in [2.45, 2.75) is 37.8 Å². The fourth-order valence-corrected chi connectivity index (χ4v) is 4.73. The number of amides is 1. The molecule has 31 heavy (non-hydrogen) atoms. The lowest BCUT2D eigenvalue weighted by Gasteiger charge is -2.23. The van der Waals surface area contributed by atoms with E-state index in [9.17, 15) is 14.9 Å². The van der Waals surface area contributed by atoms with Gasteiger partial charge in [-0.1, -0.05) is 23.5 Å². The first kappa shape index (κ1) is 19.9. The van der Waals surface area contributed by atoms with Crippen molar-refractivity contribution in [3.63, 3.8) is 0 Å². The largest absolute Gasteiger partial charge is 0.377 e. The molecule has 1 atom stereocenters. The molecular weight excluding hydrogens is 416 g/mol. The summed E-state index contributed by atoms with van der Waals surface area (Å²) >= 11 is 1.43. The maximum Gasteiger partial charge on any atom is 0.293 e. The van der Waals surface area contributed by atoms with Crippen molar-refractivity contribution in [3.05, 3.63) is 58.1 Å². The molecule has 2 aromatic carbocycles. The first-order valence-electron chi connectivity index (χ1n) is 10.4. The molecule has 0 bridgehead atoms. The van der Waals surface area contributed by atoms with Crippen LogP contribution in [0.5, 0.6) is 0 Å². The van der Waals surface area contributed by atoms with Gasteiger partial charge in [-0.05, 0) is 49.9 Å². The highest BCUT2D eigenvalue weighted by molar-refractivity contribution is 7.22. The summed E-state index contributed by atoms with van der Waals surface area (Å²) in [6.45, 7) is 1.05. The molecule has 1 aromatic heterocycles. The van der Waals surface area contributed by atoms with Crippen LogP contribution >= 0.6 is 11.3 Å². The highest BCUT2D eigenvalue weighted by Gasteiger charge is 2.30. The number of carbonyl (C=O) groups excluding carboxylic acids is 1. The molecule has 1 amide bonds. The highest BCUT2D eigenvalue weighted by Crippen LogP contribution is 2.34. The van der Waals surface area contributed by atoms with Gasteiger partial charge in [0.15, 0.2) is 5.13 Å². The van der Waals surface area contributed by atoms with Crippen molar-refractivity contribution < 1.29 is 14.5 Å². The Balaban J connectivity index is 1.49. The molecular formula is C22H22N4O4S. The third kappa shape index (κ3) is 4.24. The summed E-state index contributed by atoms with van der Waals surface area (Å²) < 4.78 is 6.75. The lowest BCUT2D eigenvalue weighted by atomic mass is 10.1. The van der Waals surface area contributed by atoms with Crippen LogP contribution in [0, 0.1) is 10.1 Å². The number of para-hydroxylation sites is 1. The number of hydrogen-bond acceptors (Lipinski definition) is 7. The second-order valence-corrected chi connectivity index (χ2v) is 8.93. The van der Waals surface area contributed by atoms with Crippen LogP contribution in [0.25, 0.3) is 10.2 Å². The SMILES string of the molecule is O=C(c1ccc(NC2CC2)c([N+](=O)[O-])c1)N(C[C@H]1CCCO1)c1nc2ccccc2s1. The average molecular weight is 439 g/mol. The number of nitro groups is 1. The van der Waals surface area contributed by atoms with E-state index < -0.39 is 4.92 Å². The maximum atomic E-state index is 13.5. The minimum absolute atomic E-state index is 0.0678. The first-order valence-corrected chi connectivity index (χ1v) is 11.2. The van der Waals surface area contributed by atoms with Gasteiger partial charge >= 0.3 is 0 Å². The molecule has 0 unspecified atom stereocenters. The Labute approximate surface area is 183 Å². The average Bonchev–Trinajstić information content (AvgIpc) is 3.26. The number of hydrogen-bond donors (Lipinski definition) is 1. The highest BCUT2D eigenvalue weighted by atomic mass is 32.1. The van der Waals surface area contributed by atoms with Gasteiger partial charge in [-0.15, -0.1) is 0 Å². The van der Waals surface area contributed by atoms with Crippen LogP contribution in [0.3, 0.4) is 0 Å². The summed E-state index contributed by atoms with van der Waals surface area (Å²) in [5.41, 5.74) is 1.46. The smallest absolute Gasteiger partial charge is 0.293 e. The minimum atomic E-state index is -0.441. The Morgan fingerprint density at radius 1 is 1.26 bits per heavy atom. The molecule has 5 rings (SSSR count). The molecule has 160 valence electrons. The van der Waals surface area contributed by atoms with E-state index in [1.165, 1.54) is 17.4 Å². The standard InChI is InChI=1S/C22H22N4O4S/c27-21(14-7-10-17(23-15-8-9-15)19(12-14)26(28)29)25(13-16-4-3-11-30-16)22-24-18-5-1-2-6-20(18)31-22/h1-2,5-7,10,12,15-16,23H,3-4,8-9,11,13H2/t16-/m1/s1. The van der Waals surface area contributed by atoms with E-state index in [4.69, 9.17) is 4.74 Å². The van der Waals surface area contributed by atoms with Crippen molar-refractivity contribution in [2.75, 3.05) is 23.4 Å². The molecule has 0 spiro atoms. The fraction of sp³-hybridized carbons (Fsp3) is 0.364. The zero-order chi connectivity index (χ0) is 21.4. The fourth-order valence-electron chi connectivity index (χ4n) is 3.76. The van der Waals surface area contributed by atoms with Crippen LogP contribution in [0.2, 0.25) is 0 Å². The van der Waals surface area contributed by atoms with Gasteiger partial charge in [0.1, 0.15) is 5.69 Å². The summed E-state index contributed by atoms with van der Waals surface area (Å²) in [5, 5.41) is 15.4.